The minimum Gasteiger partial charge on any atom is -0.507 e. The van der Waals surface area contributed by atoms with Crippen LogP contribution in [0.25, 0.3) is 0 Å². The number of amides is 1. The Labute approximate surface area is 290 Å². The van der Waals surface area contributed by atoms with Crippen LogP contribution in [0.2, 0.25) is 5.02 Å². The van der Waals surface area contributed by atoms with Crippen molar-refractivity contribution in [2.75, 3.05) is 54.6 Å². The average Bonchev–Trinajstić information content (AvgIpc) is 3.36. The fraction of sp³-hybridized carbons (Fsp3) is 0.528. The highest BCUT2D eigenvalue weighted by Gasteiger charge is 2.62. The van der Waals surface area contributed by atoms with Crippen LogP contribution in [0.3, 0.4) is 0 Å². The van der Waals surface area contributed by atoms with E-state index in [4.69, 9.17) is 30.5 Å². The summed E-state index contributed by atoms with van der Waals surface area (Å²) >= 11 is 6.62. The van der Waals surface area contributed by atoms with Crippen molar-refractivity contribution in [2.24, 2.45) is 16.7 Å². The van der Waals surface area contributed by atoms with Gasteiger partial charge in [-0.05, 0) is 24.7 Å². The third kappa shape index (κ3) is 5.21. The molecule has 49 heavy (non-hydrogen) atoms. The number of fused-ring (bicyclic) bond motifs is 3. The second-order valence-electron chi connectivity index (χ2n) is 14.6. The Morgan fingerprint density at radius 2 is 1.61 bits per heavy atom. The van der Waals surface area contributed by atoms with E-state index in [1.165, 1.54) is 39.5 Å². The number of hydrogen-bond acceptors (Lipinski definition) is 11. The Morgan fingerprint density at radius 1 is 1.00 bits per heavy atom. The fourth-order valence-corrected chi connectivity index (χ4v) is 9.09. The summed E-state index contributed by atoms with van der Waals surface area (Å²) in [6.07, 6.45) is -1.07. The van der Waals surface area contributed by atoms with Gasteiger partial charge in [0.15, 0.2) is 28.8 Å². The van der Waals surface area contributed by atoms with Gasteiger partial charge in [0.1, 0.15) is 22.1 Å². The Balaban J connectivity index is 1.48. The van der Waals surface area contributed by atoms with Gasteiger partial charge in [-0.1, -0.05) is 38.4 Å². The van der Waals surface area contributed by atoms with Crippen LogP contribution in [-0.2, 0) is 9.59 Å². The predicted octanol–water partition coefficient (Wildman–Crippen LogP) is 4.14. The number of Topliss-reactive ketones (excluding diaryl/α,β-unsaturated/α-hetero) is 2. The van der Waals surface area contributed by atoms with E-state index >= 15 is 0 Å². The van der Waals surface area contributed by atoms with E-state index in [9.17, 15) is 29.7 Å². The summed E-state index contributed by atoms with van der Waals surface area (Å²) in [6.45, 7) is 7.32. The summed E-state index contributed by atoms with van der Waals surface area (Å²) in [6, 6.07) is 5.90. The predicted molar refractivity (Wildman–Crippen MR) is 179 cm³/mol. The van der Waals surface area contributed by atoms with Gasteiger partial charge in [-0.25, -0.2) is 0 Å². The van der Waals surface area contributed by atoms with Crippen molar-refractivity contribution in [1.29, 1.82) is 0 Å². The second kappa shape index (κ2) is 12.1. The SMILES string of the molecule is COc1cc(C(CC(=O)N2CC3(C)CN(C)CC(C)(C2)C3O)C2=C(O)[C@@]3(Oc4c(Cl)c(OC)cc(OC)c4C3=O)[C@H](C)CC2=O)ccc1O. The molecular weight excluding hydrogens is 656 g/mol. The molecule has 2 saturated heterocycles. The normalized spacial score (nSPS) is 30.3. The molecule has 2 fully saturated rings. The number of phenols is 1. The van der Waals surface area contributed by atoms with Crippen molar-refractivity contribution in [3.05, 3.63) is 51.7 Å². The first-order valence-electron chi connectivity index (χ1n) is 16.2. The molecule has 13 heteroatoms. The number of carbonyl (C=O) groups excluding carboxylic acids is 3. The third-order valence-corrected chi connectivity index (χ3v) is 11.2. The zero-order valence-electron chi connectivity index (χ0n) is 28.8. The lowest BCUT2D eigenvalue weighted by atomic mass is 9.63. The first-order chi connectivity index (χ1) is 23.0. The molecule has 3 N–H and O–H groups in total. The zero-order chi connectivity index (χ0) is 35.8. The first-order valence-corrected chi connectivity index (χ1v) is 16.6. The quantitative estimate of drug-likeness (QED) is 0.382. The van der Waals surface area contributed by atoms with Gasteiger partial charge in [0, 0.05) is 73.3 Å². The van der Waals surface area contributed by atoms with E-state index in [2.05, 4.69) is 4.90 Å². The molecule has 264 valence electrons. The van der Waals surface area contributed by atoms with E-state index in [1.54, 1.807) is 17.9 Å². The van der Waals surface area contributed by atoms with E-state index in [0.717, 1.165) is 0 Å². The lowest BCUT2D eigenvalue weighted by molar-refractivity contribution is -0.179. The molecule has 2 bridgehead atoms. The Kier molecular flexibility index (Phi) is 8.60. The summed E-state index contributed by atoms with van der Waals surface area (Å²) in [4.78, 5) is 46.7. The molecule has 0 radical (unpaired) electrons. The number of carbonyl (C=O) groups is 3. The van der Waals surface area contributed by atoms with E-state index in [-0.39, 0.29) is 76.7 Å². The number of rotatable bonds is 7. The molecule has 1 aliphatic carbocycles. The topological polar surface area (TPSA) is 155 Å². The van der Waals surface area contributed by atoms with Crippen LogP contribution in [0.1, 0.15) is 55.5 Å². The van der Waals surface area contributed by atoms with Gasteiger partial charge in [0.05, 0.1) is 27.4 Å². The fourth-order valence-electron chi connectivity index (χ4n) is 8.82. The number of ketones is 2. The van der Waals surface area contributed by atoms with Gasteiger partial charge in [-0.15, -0.1) is 0 Å². The molecule has 0 saturated carbocycles. The third-order valence-electron chi connectivity index (χ3n) is 10.9. The van der Waals surface area contributed by atoms with Crippen LogP contribution in [0, 0.1) is 16.7 Å². The molecule has 2 aromatic rings. The Hall–Kier alpha value is -4.00. The number of aromatic hydroxyl groups is 1. The molecule has 3 aliphatic heterocycles. The molecular formula is C36H43ClN2O10. The first kappa shape index (κ1) is 34.8. The number of phenolic OH excluding ortho intramolecular Hbond substituents is 1. The number of benzene rings is 2. The highest BCUT2D eigenvalue weighted by Crippen LogP contribution is 2.56. The molecule has 0 aromatic heterocycles. The van der Waals surface area contributed by atoms with Crippen molar-refractivity contribution in [1.82, 2.24) is 9.80 Å². The second-order valence-corrected chi connectivity index (χ2v) is 15.0. The molecule has 5 atom stereocenters. The Morgan fingerprint density at radius 3 is 2.20 bits per heavy atom. The highest BCUT2D eigenvalue weighted by atomic mass is 35.5. The van der Waals surface area contributed by atoms with Gasteiger partial charge < -0.3 is 44.1 Å². The number of nitrogens with zero attached hydrogens (tertiary/aromatic N) is 2. The van der Waals surface area contributed by atoms with Crippen molar-refractivity contribution >= 4 is 29.1 Å². The number of halogens is 1. The summed E-state index contributed by atoms with van der Waals surface area (Å²) in [5, 5.41) is 34.0. The summed E-state index contributed by atoms with van der Waals surface area (Å²) in [5.74, 6) is -3.71. The van der Waals surface area contributed by atoms with Crippen LogP contribution in [0.5, 0.6) is 28.7 Å². The van der Waals surface area contributed by atoms with E-state index in [1.807, 2.05) is 20.9 Å². The van der Waals surface area contributed by atoms with E-state index < -0.39 is 51.7 Å². The van der Waals surface area contributed by atoms with Gasteiger partial charge in [-0.2, -0.15) is 0 Å². The number of aliphatic hydroxyl groups is 2. The number of piperidine rings is 2. The van der Waals surface area contributed by atoms with Crippen LogP contribution in [0.4, 0.5) is 0 Å². The average molecular weight is 699 g/mol. The number of aliphatic hydroxyl groups excluding tert-OH is 2. The van der Waals surface area contributed by atoms with Crippen molar-refractivity contribution < 1.29 is 48.7 Å². The number of hydrogen-bond donors (Lipinski definition) is 3. The smallest absolute Gasteiger partial charge is 0.231 e. The highest BCUT2D eigenvalue weighted by molar-refractivity contribution is 6.35. The van der Waals surface area contributed by atoms with Crippen molar-refractivity contribution in [3.8, 4) is 28.7 Å². The molecule has 1 spiro atoms. The van der Waals surface area contributed by atoms with Gasteiger partial charge in [-0.3, -0.25) is 14.4 Å². The molecule has 3 unspecified atom stereocenters. The molecule has 6 rings (SSSR count). The number of likely N-dealkylation sites (tertiary alicyclic amines) is 2. The Bertz CT molecular complexity index is 1760. The lowest BCUT2D eigenvalue weighted by Crippen LogP contribution is -2.70. The van der Waals surface area contributed by atoms with Crippen LogP contribution in [0.15, 0.2) is 35.6 Å². The van der Waals surface area contributed by atoms with Crippen molar-refractivity contribution in [3.63, 3.8) is 0 Å². The summed E-state index contributed by atoms with van der Waals surface area (Å²) in [5.41, 5.74) is -2.99. The summed E-state index contributed by atoms with van der Waals surface area (Å²) in [7, 11) is 6.16. The molecule has 2 aromatic carbocycles. The monoisotopic (exact) mass is 698 g/mol. The standard InChI is InChI=1S/C36H43ClN2O10/c1-18-10-22(41)27(31(43)36(18)32(44)28-24(47-6)13-25(48-7)29(37)30(28)49-36)20(19-8-9-21(40)23(11-19)46-5)12-26(42)39-16-34(2)14-38(4)15-35(3,17-39)33(34)45/h8-9,11,13,18,20,33,40,43,45H,10,12,14-17H2,1-7H3/t18-,20?,33?,34?,35?,36+/m1/s1. The van der Waals surface area contributed by atoms with E-state index in [0.29, 0.717) is 18.7 Å². The minimum atomic E-state index is -2.05. The zero-order valence-corrected chi connectivity index (χ0v) is 29.5. The lowest BCUT2D eigenvalue weighted by Gasteiger charge is -2.59. The number of allylic oxidation sites excluding steroid dienone is 1. The maximum atomic E-state index is 14.4. The van der Waals surface area contributed by atoms with Gasteiger partial charge in [0.25, 0.3) is 0 Å². The molecule has 1 amide bonds. The van der Waals surface area contributed by atoms with Crippen LogP contribution < -0.4 is 18.9 Å². The van der Waals surface area contributed by atoms with Crippen LogP contribution in [-0.4, -0.2) is 109 Å². The summed E-state index contributed by atoms with van der Waals surface area (Å²) < 4.78 is 22.6. The largest absolute Gasteiger partial charge is 0.507 e. The molecule has 4 aliphatic rings. The minimum absolute atomic E-state index is 0.00226. The molecule has 3 heterocycles. The number of ether oxygens (including phenoxy) is 4. The van der Waals surface area contributed by atoms with Gasteiger partial charge >= 0.3 is 0 Å². The molecule has 12 nitrogen and oxygen atoms in total. The van der Waals surface area contributed by atoms with Crippen molar-refractivity contribution in [2.45, 2.75) is 51.2 Å². The van der Waals surface area contributed by atoms with Gasteiger partial charge in [0.2, 0.25) is 17.3 Å². The van der Waals surface area contributed by atoms with Crippen LogP contribution >= 0.6 is 11.6 Å². The maximum Gasteiger partial charge on any atom is 0.231 e. The maximum absolute atomic E-state index is 14.4. The number of methoxy groups -OCH3 is 3.